The van der Waals surface area contributed by atoms with E-state index in [1.54, 1.807) is 6.07 Å². The van der Waals surface area contributed by atoms with Gasteiger partial charge in [0.1, 0.15) is 5.76 Å². The molecule has 0 spiro atoms. The number of fused-ring (bicyclic) bond motifs is 1. The summed E-state index contributed by atoms with van der Waals surface area (Å²) >= 11 is 0. The molecule has 0 unspecified atom stereocenters. The van der Waals surface area contributed by atoms with Gasteiger partial charge in [-0.05, 0) is 62.7 Å². The number of piperidine rings is 1. The van der Waals surface area contributed by atoms with Gasteiger partial charge in [-0.2, -0.15) is 0 Å². The van der Waals surface area contributed by atoms with Crippen LogP contribution in [-0.4, -0.2) is 60.9 Å². The first-order valence-electron chi connectivity index (χ1n) is 10.5. The van der Waals surface area contributed by atoms with E-state index in [4.69, 9.17) is 4.42 Å². The van der Waals surface area contributed by atoms with Crippen LogP contribution in [-0.2, 0) is 11.2 Å². The van der Waals surface area contributed by atoms with Gasteiger partial charge in [0, 0.05) is 38.5 Å². The van der Waals surface area contributed by atoms with Gasteiger partial charge in [0.15, 0.2) is 5.76 Å². The molecule has 6 nitrogen and oxygen atoms in total. The molecule has 3 saturated heterocycles. The summed E-state index contributed by atoms with van der Waals surface area (Å²) < 4.78 is 5.60. The molecular weight excluding hydrogens is 342 g/mol. The molecule has 3 fully saturated rings. The second-order valence-corrected chi connectivity index (χ2v) is 8.27. The van der Waals surface area contributed by atoms with E-state index < -0.39 is 0 Å². The molecule has 27 heavy (non-hydrogen) atoms. The molecule has 2 atom stereocenters. The van der Waals surface area contributed by atoms with Gasteiger partial charge < -0.3 is 19.5 Å². The van der Waals surface area contributed by atoms with Gasteiger partial charge in [-0.1, -0.05) is 6.92 Å². The van der Waals surface area contributed by atoms with Crippen molar-refractivity contribution in [3.63, 3.8) is 0 Å². The quantitative estimate of drug-likeness (QED) is 0.882. The summed E-state index contributed by atoms with van der Waals surface area (Å²) in [5.41, 5.74) is 0. The number of furan rings is 1. The summed E-state index contributed by atoms with van der Waals surface area (Å²) in [5.74, 6) is 3.06. The van der Waals surface area contributed by atoms with Gasteiger partial charge >= 0.3 is 0 Å². The highest BCUT2D eigenvalue weighted by molar-refractivity contribution is 5.91. The van der Waals surface area contributed by atoms with Crippen molar-refractivity contribution in [2.24, 2.45) is 17.8 Å². The van der Waals surface area contributed by atoms with Crippen LogP contribution in [0.15, 0.2) is 16.5 Å². The number of likely N-dealkylation sites (tertiary alicyclic amines) is 2. The van der Waals surface area contributed by atoms with Crippen LogP contribution in [0.2, 0.25) is 0 Å². The number of amides is 2. The molecule has 1 N–H and O–H groups in total. The Morgan fingerprint density at radius 3 is 2.22 bits per heavy atom. The molecule has 1 aromatic rings. The standard InChI is InChI=1S/C21H31N3O3/c1-2-18-3-4-19(27-18)21(26)24-9-5-15(6-10-24)20(25)23-11-7-16-13-22-14-17(16)8-12-23/h3-4,15-17,22H,2,5-14H2,1H3/t16-,17+. The first-order chi connectivity index (χ1) is 13.2. The molecule has 4 rings (SSSR count). The van der Waals surface area contributed by atoms with Crippen molar-refractivity contribution >= 4 is 11.8 Å². The molecule has 0 aromatic carbocycles. The molecule has 2 amide bonds. The molecule has 0 radical (unpaired) electrons. The molecule has 0 saturated carbocycles. The number of nitrogens with one attached hydrogen (secondary N) is 1. The first kappa shape index (κ1) is 18.5. The van der Waals surface area contributed by atoms with Crippen LogP contribution in [0.1, 0.15) is 48.9 Å². The fourth-order valence-corrected chi connectivity index (χ4v) is 4.86. The second kappa shape index (κ2) is 8.05. The third kappa shape index (κ3) is 3.91. The van der Waals surface area contributed by atoms with Crippen molar-refractivity contribution in [3.05, 3.63) is 23.7 Å². The Morgan fingerprint density at radius 1 is 1.00 bits per heavy atom. The molecule has 1 aromatic heterocycles. The van der Waals surface area contributed by atoms with Crippen LogP contribution in [0, 0.1) is 17.8 Å². The SMILES string of the molecule is CCc1ccc(C(=O)N2CCC(C(=O)N3CC[C@@H]4CNC[C@@H]4CC3)CC2)o1. The minimum Gasteiger partial charge on any atom is -0.456 e. The Hall–Kier alpha value is -1.82. The number of hydrogen-bond acceptors (Lipinski definition) is 4. The third-order valence-corrected chi connectivity index (χ3v) is 6.68. The van der Waals surface area contributed by atoms with Gasteiger partial charge in [-0.15, -0.1) is 0 Å². The lowest BCUT2D eigenvalue weighted by molar-refractivity contribution is -0.136. The van der Waals surface area contributed by atoms with Crippen molar-refractivity contribution < 1.29 is 14.0 Å². The number of nitrogens with zero attached hydrogens (tertiary/aromatic N) is 2. The van der Waals surface area contributed by atoms with Crippen LogP contribution >= 0.6 is 0 Å². The molecule has 4 heterocycles. The van der Waals surface area contributed by atoms with Crippen molar-refractivity contribution in [1.29, 1.82) is 0 Å². The minimum absolute atomic E-state index is 0.0457. The Morgan fingerprint density at radius 2 is 1.63 bits per heavy atom. The lowest BCUT2D eigenvalue weighted by Gasteiger charge is -2.33. The summed E-state index contributed by atoms with van der Waals surface area (Å²) in [5, 5.41) is 3.48. The van der Waals surface area contributed by atoms with Gasteiger partial charge in [0.05, 0.1) is 0 Å². The van der Waals surface area contributed by atoms with Crippen LogP contribution in [0.4, 0.5) is 0 Å². The van der Waals surface area contributed by atoms with E-state index in [9.17, 15) is 9.59 Å². The molecule has 148 valence electrons. The lowest BCUT2D eigenvalue weighted by Crippen LogP contribution is -2.44. The lowest BCUT2D eigenvalue weighted by atomic mass is 9.92. The normalized spacial score (nSPS) is 26.7. The Balaban J connectivity index is 1.29. The first-order valence-corrected chi connectivity index (χ1v) is 10.5. The van der Waals surface area contributed by atoms with Crippen LogP contribution in [0.5, 0.6) is 0 Å². The zero-order valence-electron chi connectivity index (χ0n) is 16.3. The summed E-state index contributed by atoms with van der Waals surface area (Å²) in [4.78, 5) is 29.5. The molecule has 3 aliphatic rings. The average Bonchev–Trinajstić information content (AvgIpc) is 3.33. The molecule has 0 bridgehead atoms. The van der Waals surface area contributed by atoms with Crippen LogP contribution < -0.4 is 5.32 Å². The van der Waals surface area contributed by atoms with Gasteiger partial charge in [-0.3, -0.25) is 9.59 Å². The van der Waals surface area contributed by atoms with Crippen molar-refractivity contribution in [3.8, 4) is 0 Å². The fraction of sp³-hybridized carbons (Fsp3) is 0.714. The van der Waals surface area contributed by atoms with Gasteiger partial charge in [0.2, 0.25) is 5.91 Å². The van der Waals surface area contributed by atoms with E-state index in [1.165, 1.54) is 0 Å². The summed E-state index contributed by atoms with van der Waals surface area (Å²) in [7, 11) is 0. The zero-order chi connectivity index (χ0) is 18.8. The summed E-state index contributed by atoms with van der Waals surface area (Å²) in [6.45, 7) is 7.30. The number of aryl methyl sites for hydroxylation is 1. The molecule has 0 aliphatic carbocycles. The van der Waals surface area contributed by atoms with Crippen LogP contribution in [0.3, 0.4) is 0 Å². The fourth-order valence-electron chi connectivity index (χ4n) is 4.86. The third-order valence-electron chi connectivity index (χ3n) is 6.68. The average molecular weight is 373 g/mol. The number of carbonyl (C=O) groups excluding carboxylic acids is 2. The number of rotatable bonds is 3. The monoisotopic (exact) mass is 373 g/mol. The van der Waals surface area contributed by atoms with E-state index in [0.29, 0.717) is 24.8 Å². The maximum absolute atomic E-state index is 13.0. The summed E-state index contributed by atoms with van der Waals surface area (Å²) in [6.07, 6.45) is 4.56. The zero-order valence-corrected chi connectivity index (χ0v) is 16.3. The minimum atomic E-state index is -0.0457. The maximum Gasteiger partial charge on any atom is 0.289 e. The van der Waals surface area contributed by atoms with E-state index >= 15 is 0 Å². The highest BCUT2D eigenvalue weighted by Crippen LogP contribution is 2.29. The smallest absolute Gasteiger partial charge is 0.289 e. The maximum atomic E-state index is 13.0. The molecule has 6 heteroatoms. The molecular formula is C21H31N3O3. The van der Waals surface area contributed by atoms with E-state index in [1.807, 2.05) is 17.9 Å². The Kier molecular flexibility index (Phi) is 5.53. The second-order valence-electron chi connectivity index (χ2n) is 8.27. The highest BCUT2D eigenvalue weighted by atomic mass is 16.4. The topological polar surface area (TPSA) is 65.8 Å². The van der Waals surface area contributed by atoms with Crippen molar-refractivity contribution in [1.82, 2.24) is 15.1 Å². The van der Waals surface area contributed by atoms with Crippen LogP contribution in [0.25, 0.3) is 0 Å². The highest BCUT2D eigenvalue weighted by Gasteiger charge is 2.35. The number of hydrogen-bond donors (Lipinski definition) is 1. The molecule has 3 aliphatic heterocycles. The number of carbonyl (C=O) groups is 2. The van der Waals surface area contributed by atoms with E-state index in [0.717, 1.165) is 75.9 Å². The predicted octanol–water partition coefficient (Wildman–Crippen LogP) is 2.15. The Bertz CT molecular complexity index is 664. The van der Waals surface area contributed by atoms with E-state index in [-0.39, 0.29) is 11.8 Å². The predicted molar refractivity (Wildman–Crippen MR) is 102 cm³/mol. The van der Waals surface area contributed by atoms with Gasteiger partial charge in [-0.25, -0.2) is 0 Å². The largest absolute Gasteiger partial charge is 0.456 e. The summed E-state index contributed by atoms with van der Waals surface area (Å²) in [6, 6.07) is 3.63. The van der Waals surface area contributed by atoms with E-state index in [2.05, 4.69) is 10.2 Å². The van der Waals surface area contributed by atoms with Crippen molar-refractivity contribution in [2.45, 2.75) is 39.0 Å². The van der Waals surface area contributed by atoms with Crippen molar-refractivity contribution in [2.75, 3.05) is 39.3 Å². The Labute approximate surface area is 161 Å². The van der Waals surface area contributed by atoms with Gasteiger partial charge in [0.25, 0.3) is 5.91 Å².